The molecular formula is C16H22N4O. The van der Waals surface area contributed by atoms with Crippen molar-refractivity contribution in [1.29, 1.82) is 0 Å². The molecule has 112 valence electrons. The molecule has 0 atom stereocenters. The number of nitrogens with zero attached hydrogens (tertiary/aromatic N) is 2. The molecule has 0 radical (unpaired) electrons. The Morgan fingerprint density at radius 3 is 2.86 bits per heavy atom. The van der Waals surface area contributed by atoms with Crippen LogP contribution in [0.2, 0.25) is 0 Å². The van der Waals surface area contributed by atoms with E-state index in [1.54, 1.807) is 6.20 Å². The number of benzene rings is 1. The number of aromatic nitrogens is 2. The van der Waals surface area contributed by atoms with E-state index in [0.717, 1.165) is 48.8 Å². The fraction of sp³-hybridized carbons (Fsp3) is 0.500. The standard InChI is InChI=1S/C16H22N4O/c17-12-5-7-13(8-6-12)21-10-9-18-16-11-19-20-15-4-2-1-3-14(15)16/h1-4,11-13H,5-10,17H2,(H,18,20). The Kier molecular flexibility index (Phi) is 4.62. The maximum atomic E-state index is 5.91. The molecule has 0 bridgehead atoms. The van der Waals surface area contributed by atoms with Crippen LogP contribution in [-0.4, -0.2) is 35.5 Å². The van der Waals surface area contributed by atoms with Crippen molar-refractivity contribution in [2.24, 2.45) is 5.73 Å². The smallest absolute Gasteiger partial charge is 0.0950 e. The molecule has 1 aliphatic carbocycles. The molecule has 1 aliphatic rings. The molecule has 0 unspecified atom stereocenters. The molecule has 2 aromatic rings. The second kappa shape index (κ2) is 6.83. The lowest BCUT2D eigenvalue weighted by Crippen LogP contribution is -2.31. The molecule has 1 saturated carbocycles. The number of anilines is 1. The molecule has 1 aromatic heterocycles. The largest absolute Gasteiger partial charge is 0.381 e. The van der Waals surface area contributed by atoms with Gasteiger partial charge in [-0.05, 0) is 31.7 Å². The molecular weight excluding hydrogens is 264 g/mol. The molecule has 5 nitrogen and oxygen atoms in total. The van der Waals surface area contributed by atoms with E-state index < -0.39 is 0 Å². The van der Waals surface area contributed by atoms with Gasteiger partial charge in [0.1, 0.15) is 0 Å². The van der Waals surface area contributed by atoms with Crippen molar-refractivity contribution in [3.8, 4) is 0 Å². The van der Waals surface area contributed by atoms with E-state index in [0.29, 0.717) is 18.8 Å². The van der Waals surface area contributed by atoms with Crippen LogP contribution in [0.1, 0.15) is 25.7 Å². The van der Waals surface area contributed by atoms with Gasteiger partial charge in [-0.3, -0.25) is 0 Å². The predicted molar refractivity (Wildman–Crippen MR) is 84.2 cm³/mol. The van der Waals surface area contributed by atoms with E-state index in [-0.39, 0.29) is 0 Å². The number of rotatable bonds is 5. The second-order valence-corrected chi connectivity index (χ2v) is 5.61. The molecule has 1 heterocycles. The summed E-state index contributed by atoms with van der Waals surface area (Å²) < 4.78 is 5.91. The van der Waals surface area contributed by atoms with Crippen molar-refractivity contribution < 1.29 is 4.74 Å². The Hall–Kier alpha value is -1.72. The van der Waals surface area contributed by atoms with E-state index in [4.69, 9.17) is 10.5 Å². The maximum absolute atomic E-state index is 5.91. The lowest BCUT2D eigenvalue weighted by Gasteiger charge is -2.26. The number of hydrogen-bond acceptors (Lipinski definition) is 5. The van der Waals surface area contributed by atoms with E-state index in [9.17, 15) is 0 Å². The van der Waals surface area contributed by atoms with Crippen LogP contribution in [0.25, 0.3) is 10.9 Å². The average Bonchev–Trinajstić information content (AvgIpc) is 2.53. The summed E-state index contributed by atoms with van der Waals surface area (Å²) in [7, 11) is 0. The van der Waals surface area contributed by atoms with Gasteiger partial charge in [0.05, 0.1) is 30.1 Å². The summed E-state index contributed by atoms with van der Waals surface area (Å²) >= 11 is 0. The monoisotopic (exact) mass is 286 g/mol. The number of ether oxygens (including phenoxy) is 1. The quantitative estimate of drug-likeness (QED) is 0.825. The molecule has 3 N–H and O–H groups in total. The Labute approximate surface area is 124 Å². The molecule has 0 saturated heterocycles. The van der Waals surface area contributed by atoms with Crippen molar-refractivity contribution in [1.82, 2.24) is 10.2 Å². The van der Waals surface area contributed by atoms with Crippen LogP contribution in [0.15, 0.2) is 30.5 Å². The summed E-state index contributed by atoms with van der Waals surface area (Å²) in [5.74, 6) is 0. The summed E-state index contributed by atoms with van der Waals surface area (Å²) in [6.45, 7) is 1.48. The first-order valence-electron chi connectivity index (χ1n) is 7.64. The van der Waals surface area contributed by atoms with Crippen molar-refractivity contribution in [2.45, 2.75) is 37.8 Å². The van der Waals surface area contributed by atoms with Crippen molar-refractivity contribution in [2.75, 3.05) is 18.5 Å². The van der Waals surface area contributed by atoms with Crippen molar-refractivity contribution in [3.63, 3.8) is 0 Å². The first-order valence-corrected chi connectivity index (χ1v) is 7.64. The predicted octanol–water partition coefficient (Wildman–Crippen LogP) is 2.33. The van der Waals surface area contributed by atoms with Gasteiger partial charge in [-0.25, -0.2) is 0 Å². The van der Waals surface area contributed by atoms with Crippen LogP contribution < -0.4 is 11.1 Å². The van der Waals surface area contributed by atoms with E-state index in [2.05, 4.69) is 21.6 Å². The van der Waals surface area contributed by atoms with Gasteiger partial charge in [-0.15, -0.1) is 0 Å². The van der Waals surface area contributed by atoms with Crippen LogP contribution in [0.5, 0.6) is 0 Å². The molecule has 3 rings (SSSR count). The highest BCUT2D eigenvalue weighted by Crippen LogP contribution is 2.21. The topological polar surface area (TPSA) is 73.1 Å². The lowest BCUT2D eigenvalue weighted by molar-refractivity contribution is 0.0313. The van der Waals surface area contributed by atoms with Crippen LogP contribution in [0.3, 0.4) is 0 Å². The van der Waals surface area contributed by atoms with Gasteiger partial charge in [0.15, 0.2) is 0 Å². The summed E-state index contributed by atoms with van der Waals surface area (Å²) in [5, 5.41) is 12.6. The summed E-state index contributed by atoms with van der Waals surface area (Å²) in [6.07, 6.45) is 6.47. The van der Waals surface area contributed by atoms with Gasteiger partial charge >= 0.3 is 0 Å². The van der Waals surface area contributed by atoms with E-state index in [1.165, 1.54) is 0 Å². The lowest BCUT2D eigenvalue weighted by atomic mass is 9.94. The zero-order valence-corrected chi connectivity index (χ0v) is 12.2. The number of nitrogens with one attached hydrogen (secondary N) is 1. The molecule has 0 spiro atoms. The van der Waals surface area contributed by atoms with Crippen molar-refractivity contribution >= 4 is 16.6 Å². The zero-order valence-electron chi connectivity index (χ0n) is 12.2. The molecule has 1 aromatic carbocycles. The van der Waals surface area contributed by atoms with Crippen LogP contribution in [-0.2, 0) is 4.74 Å². The van der Waals surface area contributed by atoms with E-state index in [1.807, 2.05) is 18.2 Å². The van der Waals surface area contributed by atoms with Gasteiger partial charge in [0.25, 0.3) is 0 Å². The van der Waals surface area contributed by atoms with Gasteiger partial charge < -0.3 is 15.8 Å². The zero-order chi connectivity index (χ0) is 14.5. The number of fused-ring (bicyclic) bond motifs is 1. The second-order valence-electron chi connectivity index (χ2n) is 5.61. The minimum atomic E-state index is 0.372. The first-order chi connectivity index (χ1) is 10.3. The van der Waals surface area contributed by atoms with Gasteiger partial charge in [-0.2, -0.15) is 10.2 Å². The number of hydrogen-bond donors (Lipinski definition) is 2. The van der Waals surface area contributed by atoms with Crippen LogP contribution in [0.4, 0.5) is 5.69 Å². The highest BCUT2D eigenvalue weighted by atomic mass is 16.5. The first kappa shape index (κ1) is 14.2. The van der Waals surface area contributed by atoms with E-state index >= 15 is 0 Å². The normalized spacial score (nSPS) is 22.3. The molecule has 21 heavy (non-hydrogen) atoms. The summed E-state index contributed by atoms with van der Waals surface area (Å²) in [6, 6.07) is 8.37. The third kappa shape index (κ3) is 3.68. The Bertz CT molecular complexity index is 576. The molecule has 1 fully saturated rings. The van der Waals surface area contributed by atoms with Gasteiger partial charge in [-0.1, -0.05) is 18.2 Å². The third-order valence-electron chi connectivity index (χ3n) is 4.04. The Morgan fingerprint density at radius 1 is 1.19 bits per heavy atom. The van der Waals surface area contributed by atoms with Crippen LogP contribution in [0, 0.1) is 0 Å². The van der Waals surface area contributed by atoms with Crippen LogP contribution >= 0.6 is 0 Å². The van der Waals surface area contributed by atoms with Crippen molar-refractivity contribution in [3.05, 3.63) is 30.5 Å². The molecule has 5 heteroatoms. The van der Waals surface area contributed by atoms with Gasteiger partial charge in [0.2, 0.25) is 0 Å². The molecule has 0 aliphatic heterocycles. The fourth-order valence-electron chi connectivity index (χ4n) is 2.81. The summed E-state index contributed by atoms with van der Waals surface area (Å²) in [5.41, 5.74) is 7.82. The summed E-state index contributed by atoms with van der Waals surface area (Å²) in [4.78, 5) is 0. The average molecular weight is 286 g/mol. The van der Waals surface area contributed by atoms with Gasteiger partial charge in [0, 0.05) is 18.0 Å². The third-order valence-corrected chi connectivity index (χ3v) is 4.04. The Balaban J connectivity index is 1.48. The SMILES string of the molecule is NC1CCC(OCCNc2cnnc3ccccc23)CC1. The minimum Gasteiger partial charge on any atom is -0.381 e. The molecule has 0 amide bonds. The maximum Gasteiger partial charge on any atom is 0.0950 e. The minimum absolute atomic E-state index is 0.372. The fourth-order valence-corrected chi connectivity index (χ4v) is 2.81. The number of nitrogens with two attached hydrogens (primary N) is 1. The Morgan fingerprint density at radius 2 is 2.00 bits per heavy atom. The highest BCUT2D eigenvalue weighted by Gasteiger charge is 2.18. The highest BCUT2D eigenvalue weighted by molar-refractivity contribution is 5.90.